The lowest BCUT2D eigenvalue weighted by Gasteiger charge is -2.28. The van der Waals surface area contributed by atoms with Gasteiger partial charge in [0.1, 0.15) is 24.0 Å². The Hall–Kier alpha value is -3.49. The van der Waals surface area contributed by atoms with E-state index in [2.05, 4.69) is 4.98 Å². The number of rotatable bonds is 5. The van der Waals surface area contributed by atoms with Crippen molar-refractivity contribution in [3.63, 3.8) is 0 Å². The molecule has 3 aromatic rings. The summed E-state index contributed by atoms with van der Waals surface area (Å²) in [5.74, 6) is -2.44. The van der Waals surface area contributed by atoms with Crippen LogP contribution in [0.4, 0.5) is 19.0 Å². The summed E-state index contributed by atoms with van der Waals surface area (Å²) in [6, 6.07) is 8.69. The fourth-order valence-electron chi connectivity index (χ4n) is 3.25. The molecule has 0 saturated carbocycles. The zero-order valence-electron chi connectivity index (χ0n) is 16.1. The molecule has 156 valence electrons. The van der Waals surface area contributed by atoms with E-state index >= 15 is 0 Å². The van der Waals surface area contributed by atoms with Gasteiger partial charge in [0.25, 0.3) is 0 Å². The van der Waals surface area contributed by atoms with Crippen molar-refractivity contribution in [1.29, 1.82) is 0 Å². The number of aromatic nitrogens is 2. The molecule has 0 atom stereocenters. The second kappa shape index (κ2) is 8.10. The van der Waals surface area contributed by atoms with Crippen LogP contribution in [0.1, 0.15) is 12.0 Å². The molecule has 0 aliphatic carbocycles. The molecule has 1 aromatic heterocycles. The van der Waals surface area contributed by atoms with Crippen molar-refractivity contribution in [3.05, 3.63) is 76.0 Å². The fraction of sp³-hybridized carbons (Fsp3) is 0.238. The molecule has 2 heterocycles. The third-order valence-electron chi connectivity index (χ3n) is 4.69. The number of hydrogen-bond acceptors (Lipinski definition) is 5. The Balaban J connectivity index is 1.51. The van der Waals surface area contributed by atoms with Crippen molar-refractivity contribution in [2.45, 2.75) is 19.6 Å². The van der Waals surface area contributed by atoms with Crippen LogP contribution in [0, 0.1) is 17.5 Å². The quantitative estimate of drug-likeness (QED) is 0.631. The Kier molecular flexibility index (Phi) is 5.35. The predicted octanol–water partition coefficient (Wildman–Crippen LogP) is 3.87. The Bertz CT molecular complexity index is 1130. The zero-order chi connectivity index (χ0) is 21.3. The molecule has 30 heavy (non-hydrogen) atoms. The van der Waals surface area contributed by atoms with Crippen molar-refractivity contribution in [2.24, 2.45) is 0 Å². The van der Waals surface area contributed by atoms with Gasteiger partial charge in [0.2, 0.25) is 5.88 Å². The second-order valence-electron chi connectivity index (χ2n) is 6.90. The Labute approximate surface area is 170 Å². The molecule has 0 unspecified atom stereocenters. The highest BCUT2D eigenvalue weighted by Gasteiger charge is 2.18. The van der Waals surface area contributed by atoms with Crippen LogP contribution in [0.3, 0.4) is 0 Å². The van der Waals surface area contributed by atoms with Crippen molar-refractivity contribution < 1.29 is 22.6 Å². The first kappa shape index (κ1) is 19.8. The number of halogens is 3. The molecule has 4 rings (SSSR count). The summed E-state index contributed by atoms with van der Waals surface area (Å²) >= 11 is 0. The average molecular weight is 417 g/mol. The predicted molar refractivity (Wildman–Crippen MR) is 104 cm³/mol. The van der Waals surface area contributed by atoms with Crippen molar-refractivity contribution in [2.75, 3.05) is 18.5 Å². The van der Waals surface area contributed by atoms with E-state index in [0.29, 0.717) is 12.4 Å². The maximum Gasteiger partial charge on any atom is 0.352 e. The lowest BCUT2D eigenvalue weighted by molar-refractivity contribution is 0.288. The normalized spacial score (nSPS) is 13.1. The second-order valence-corrected chi connectivity index (χ2v) is 6.90. The van der Waals surface area contributed by atoms with Crippen LogP contribution in [0.2, 0.25) is 0 Å². The number of anilines is 1. The van der Waals surface area contributed by atoms with Gasteiger partial charge in [0.15, 0.2) is 17.4 Å². The molecule has 6 nitrogen and oxygen atoms in total. The molecule has 0 radical (unpaired) electrons. The van der Waals surface area contributed by atoms with Crippen LogP contribution in [0.15, 0.2) is 47.3 Å². The van der Waals surface area contributed by atoms with Crippen molar-refractivity contribution in [1.82, 2.24) is 9.55 Å². The van der Waals surface area contributed by atoms with Gasteiger partial charge in [-0.05, 0) is 36.2 Å². The Morgan fingerprint density at radius 1 is 1.07 bits per heavy atom. The largest absolute Gasteiger partial charge is 0.473 e. The summed E-state index contributed by atoms with van der Waals surface area (Å²) in [6.07, 6.45) is 0.841. The van der Waals surface area contributed by atoms with Gasteiger partial charge in [-0.15, -0.1) is 0 Å². The Morgan fingerprint density at radius 2 is 1.83 bits per heavy atom. The molecular weight excluding hydrogens is 399 g/mol. The van der Waals surface area contributed by atoms with Crippen LogP contribution in [0.25, 0.3) is 0 Å². The molecule has 1 aliphatic rings. The molecule has 0 bridgehead atoms. The maximum atomic E-state index is 14.4. The monoisotopic (exact) mass is 417 g/mol. The van der Waals surface area contributed by atoms with Crippen molar-refractivity contribution >= 4 is 5.82 Å². The van der Waals surface area contributed by atoms with Gasteiger partial charge in [-0.25, -0.2) is 18.0 Å². The summed E-state index contributed by atoms with van der Waals surface area (Å²) in [4.78, 5) is 18.0. The van der Waals surface area contributed by atoms with Gasteiger partial charge in [0.05, 0.1) is 0 Å². The topological polar surface area (TPSA) is 56.6 Å². The third kappa shape index (κ3) is 4.10. The van der Waals surface area contributed by atoms with Gasteiger partial charge in [0, 0.05) is 32.3 Å². The van der Waals surface area contributed by atoms with Crippen LogP contribution >= 0.6 is 0 Å². The molecule has 0 saturated heterocycles. The summed E-state index contributed by atoms with van der Waals surface area (Å²) in [5.41, 5.74) is -0.255. The Morgan fingerprint density at radius 3 is 2.57 bits per heavy atom. The summed E-state index contributed by atoms with van der Waals surface area (Å²) < 4.78 is 54.2. The van der Waals surface area contributed by atoms with Crippen LogP contribution in [-0.4, -0.2) is 23.1 Å². The van der Waals surface area contributed by atoms with Gasteiger partial charge in [-0.1, -0.05) is 6.07 Å². The highest BCUT2D eigenvalue weighted by molar-refractivity contribution is 5.43. The van der Waals surface area contributed by atoms with Gasteiger partial charge < -0.3 is 14.4 Å². The molecule has 0 fully saturated rings. The van der Waals surface area contributed by atoms with E-state index in [1.807, 2.05) is 11.9 Å². The van der Waals surface area contributed by atoms with E-state index < -0.39 is 28.9 Å². The van der Waals surface area contributed by atoms with E-state index in [-0.39, 0.29) is 23.8 Å². The van der Waals surface area contributed by atoms with Crippen molar-refractivity contribution in [3.8, 4) is 17.4 Å². The fourth-order valence-corrected chi connectivity index (χ4v) is 3.25. The minimum atomic E-state index is -0.962. The van der Waals surface area contributed by atoms with Gasteiger partial charge in [-0.3, -0.25) is 4.57 Å². The average Bonchev–Trinajstić information content (AvgIpc) is 2.70. The van der Waals surface area contributed by atoms with Crippen LogP contribution in [-0.2, 0) is 13.2 Å². The van der Waals surface area contributed by atoms with E-state index in [9.17, 15) is 18.0 Å². The van der Waals surface area contributed by atoms with Gasteiger partial charge >= 0.3 is 5.69 Å². The summed E-state index contributed by atoms with van der Waals surface area (Å²) in [7, 11) is 1.86. The maximum absolute atomic E-state index is 14.4. The van der Waals surface area contributed by atoms with E-state index in [4.69, 9.17) is 9.47 Å². The number of hydrogen-bond donors (Lipinski definition) is 0. The van der Waals surface area contributed by atoms with E-state index in [0.717, 1.165) is 31.2 Å². The van der Waals surface area contributed by atoms with E-state index in [1.165, 1.54) is 18.2 Å². The summed E-state index contributed by atoms with van der Waals surface area (Å²) in [6.45, 7) is 1.18. The first-order valence-electron chi connectivity index (χ1n) is 9.28. The third-order valence-corrected chi connectivity index (χ3v) is 4.69. The first-order chi connectivity index (χ1) is 14.4. The lowest BCUT2D eigenvalue weighted by Crippen LogP contribution is -2.36. The standard InChI is InChI=1S/C21H18F3N3O3/c1-26-6-3-7-27-19(26)11-18(25-21(27)28)29-12-13-8-16(23)20(17(24)9-13)30-15-5-2-4-14(22)10-15/h2,4-5,8-11H,3,6-7,12H2,1H3. The SMILES string of the molecule is CN1CCCn2c1cc(OCc1cc(F)c(Oc3cccc(F)c3)c(F)c1)nc2=O. The first-order valence-corrected chi connectivity index (χ1v) is 9.28. The number of fused-ring (bicyclic) bond motifs is 1. The van der Waals surface area contributed by atoms with Crippen LogP contribution < -0.4 is 20.1 Å². The molecule has 1 aliphatic heterocycles. The number of benzene rings is 2. The number of nitrogens with zero attached hydrogens (tertiary/aromatic N) is 3. The zero-order valence-corrected chi connectivity index (χ0v) is 16.1. The molecule has 0 spiro atoms. The minimum absolute atomic E-state index is 0.0281. The molecule has 0 amide bonds. The molecule has 2 aromatic carbocycles. The smallest absolute Gasteiger partial charge is 0.352 e. The van der Waals surface area contributed by atoms with E-state index in [1.54, 1.807) is 10.6 Å². The molecular formula is C21H18F3N3O3. The highest BCUT2D eigenvalue weighted by atomic mass is 19.1. The molecule has 0 N–H and O–H groups in total. The lowest BCUT2D eigenvalue weighted by atomic mass is 10.2. The van der Waals surface area contributed by atoms with Crippen LogP contribution in [0.5, 0.6) is 17.4 Å². The summed E-state index contributed by atoms with van der Waals surface area (Å²) in [5, 5.41) is 0. The highest BCUT2D eigenvalue weighted by Crippen LogP contribution is 2.29. The number of ether oxygens (including phenoxy) is 2. The minimum Gasteiger partial charge on any atom is -0.473 e. The van der Waals surface area contributed by atoms with Gasteiger partial charge in [-0.2, -0.15) is 4.98 Å². The molecule has 9 heteroatoms.